The lowest BCUT2D eigenvalue weighted by atomic mass is 9.99. The van der Waals surface area contributed by atoms with Gasteiger partial charge in [-0.15, -0.1) is 0 Å². The SMILES string of the molecule is CC(=O)NCC(=O)N1CCC(N)CC1C=O. The van der Waals surface area contributed by atoms with Crippen LogP contribution in [0.1, 0.15) is 19.8 Å². The number of hydrogen-bond donors (Lipinski definition) is 2. The number of amides is 2. The minimum Gasteiger partial charge on any atom is -0.347 e. The third-order valence-corrected chi connectivity index (χ3v) is 2.65. The van der Waals surface area contributed by atoms with E-state index in [0.29, 0.717) is 19.4 Å². The number of nitrogens with two attached hydrogens (primary N) is 1. The third kappa shape index (κ3) is 3.30. The third-order valence-electron chi connectivity index (χ3n) is 2.65. The first-order valence-corrected chi connectivity index (χ1v) is 5.29. The molecule has 0 radical (unpaired) electrons. The summed E-state index contributed by atoms with van der Waals surface area (Å²) in [5.41, 5.74) is 5.72. The molecule has 1 heterocycles. The van der Waals surface area contributed by atoms with Gasteiger partial charge in [-0.25, -0.2) is 0 Å². The Bertz CT molecular complexity index is 293. The second kappa shape index (κ2) is 5.60. The molecule has 6 nitrogen and oxygen atoms in total. The van der Waals surface area contributed by atoms with Gasteiger partial charge in [0.25, 0.3) is 0 Å². The molecular formula is C10H17N3O3. The number of rotatable bonds is 3. The van der Waals surface area contributed by atoms with Gasteiger partial charge in [0.05, 0.1) is 12.6 Å². The molecule has 1 aliphatic rings. The molecule has 1 fully saturated rings. The molecule has 1 aliphatic heterocycles. The Morgan fingerprint density at radius 3 is 2.81 bits per heavy atom. The number of piperidine rings is 1. The second-order valence-corrected chi connectivity index (χ2v) is 3.98. The quantitative estimate of drug-likeness (QED) is 0.582. The molecule has 3 N–H and O–H groups in total. The van der Waals surface area contributed by atoms with Crippen LogP contribution in [0, 0.1) is 0 Å². The van der Waals surface area contributed by atoms with Crippen LogP contribution in [0.25, 0.3) is 0 Å². The lowest BCUT2D eigenvalue weighted by Crippen LogP contribution is -2.52. The fourth-order valence-electron chi connectivity index (χ4n) is 1.77. The summed E-state index contributed by atoms with van der Waals surface area (Å²) in [6.07, 6.45) is 1.93. The van der Waals surface area contributed by atoms with E-state index in [1.807, 2.05) is 0 Å². The van der Waals surface area contributed by atoms with Gasteiger partial charge in [0.2, 0.25) is 11.8 Å². The van der Waals surface area contributed by atoms with Crippen molar-refractivity contribution in [1.29, 1.82) is 0 Å². The van der Waals surface area contributed by atoms with Crippen molar-refractivity contribution in [2.45, 2.75) is 31.8 Å². The number of likely N-dealkylation sites (tertiary alicyclic amines) is 1. The van der Waals surface area contributed by atoms with Gasteiger partial charge in [-0.1, -0.05) is 0 Å². The van der Waals surface area contributed by atoms with E-state index in [9.17, 15) is 14.4 Å². The summed E-state index contributed by atoms with van der Waals surface area (Å²) in [6, 6.07) is -0.481. The second-order valence-electron chi connectivity index (χ2n) is 3.98. The Morgan fingerprint density at radius 2 is 2.25 bits per heavy atom. The van der Waals surface area contributed by atoms with Gasteiger partial charge >= 0.3 is 0 Å². The molecule has 16 heavy (non-hydrogen) atoms. The summed E-state index contributed by atoms with van der Waals surface area (Å²) in [5, 5.41) is 2.42. The van der Waals surface area contributed by atoms with Gasteiger partial charge in [-0.3, -0.25) is 9.59 Å². The Labute approximate surface area is 94.2 Å². The van der Waals surface area contributed by atoms with E-state index in [1.165, 1.54) is 11.8 Å². The van der Waals surface area contributed by atoms with E-state index in [1.54, 1.807) is 0 Å². The number of carbonyl (C=O) groups is 3. The zero-order chi connectivity index (χ0) is 12.1. The van der Waals surface area contributed by atoms with Crippen LogP contribution in [0.3, 0.4) is 0 Å². The molecule has 0 aromatic heterocycles. The molecule has 0 spiro atoms. The lowest BCUT2D eigenvalue weighted by Gasteiger charge is -2.35. The minimum absolute atomic E-state index is 0.0278. The standard InChI is InChI=1S/C10H17N3O3/c1-7(15)12-5-10(16)13-3-2-8(11)4-9(13)6-14/h6,8-9H,2-5,11H2,1H3,(H,12,15). The Kier molecular flexibility index (Phi) is 4.42. The summed E-state index contributed by atoms with van der Waals surface area (Å²) >= 11 is 0. The number of carbonyl (C=O) groups excluding carboxylic acids is 3. The van der Waals surface area contributed by atoms with E-state index in [2.05, 4.69) is 5.32 Å². The van der Waals surface area contributed by atoms with Crippen LogP contribution in [0.4, 0.5) is 0 Å². The van der Waals surface area contributed by atoms with Crippen LogP contribution in [0.5, 0.6) is 0 Å². The van der Waals surface area contributed by atoms with Crippen LogP contribution in [-0.4, -0.2) is 48.2 Å². The minimum atomic E-state index is -0.454. The Balaban J connectivity index is 2.53. The van der Waals surface area contributed by atoms with E-state index in [4.69, 9.17) is 5.73 Å². The maximum Gasteiger partial charge on any atom is 0.242 e. The van der Waals surface area contributed by atoms with E-state index >= 15 is 0 Å². The zero-order valence-electron chi connectivity index (χ0n) is 9.31. The first-order valence-electron chi connectivity index (χ1n) is 5.29. The number of hydrogen-bond acceptors (Lipinski definition) is 4. The van der Waals surface area contributed by atoms with Crippen molar-refractivity contribution in [2.75, 3.05) is 13.1 Å². The van der Waals surface area contributed by atoms with Gasteiger partial charge in [-0.05, 0) is 12.8 Å². The van der Waals surface area contributed by atoms with Crippen LogP contribution >= 0.6 is 0 Å². The van der Waals surface area contributed by atoms with Gasteiger partial charge in [0.15, 0.2) is 0 Å². The van der Waals surface area contributed by atoms with E-state index < -0.39 is 6.04 Å². The highest BCUT2D eigenvalue weighted by Crippen LogP contribution is 2.14. The molecule has 90 valence electrons. The molecule has 1 rings (SSSR count). The molecule has 2 atom stereocenters. The van der Waals surface area contributed by atoms with Crippen LogP contribution in [-0.2, 0) is 14.4 Å². The highest BCUT2D eigenvalue weighted by molar-refractivity contribution is 5.85. The molecular weight excluding hydrogens is 210 g/mol. The predicted octanol–water partition coefficient (Wildman–Crippen LogP) is -1.36. The first kappa shape index (κ1) is 12.6. The average molecular weight is 227 g/mol. The molecule has 0 saturated carbocycles. The van der Waals surface area contributed by atoms with Crippen LogP contribution in [0.15, 0.2) is 0 Å². The van der Waals surface area contributed by atoms with Crippen molar-refractivity contribution in [3.8, 4) is 0 Å². The van der Waals surface area contributed by atoms with Crippen molar-refractivity contribution in [2.24, 2.45) is 5.73 Å². The van der Waals surface area contributed by atoms with Crippen molar-refractivity contribution < 1.29 is 14.4 Å². The predicted molar refractivity (Wildman–Crippen MR) is 57.5 cm³/mol. The van der Waals surface area contributed by atoms with E-state index in [0.717, 1.165) is 6.29 Å². The largest absolute Gasteiger partial charge is 0.347 e. The van der Waals surface area contributed by atoms with E-state index in [-0.39, 0.29) is 24.4 Å². The summed E-state index contributed by atoms with van der Waals surface area (Å²) in [5.74, 6) is -0.496. The smallest absolute Gasteiger partial charge is 0.242 e. The van der Waals surface area contributed by atoms with Crippen molar-refractivity contribution in [3.05, 3.63) is 0 Å². The number of aldehydes is 1. The van der Waals surface area contributed by atoms with Crippen LogP contribution in [0.2, 0.25) is 0 Å². The topological polar surface area (TPSA) is 92.5 Å². The fourth-order valence-corrected chi connectivity index (χ4v) is 1.77. The average Bonchev–Trinajstić information content (AvgIpc) is 2.25. The number of nitrogens with zero attached hydrogens (tertiary/aromatic N) is 1. The summed E-state index contributed by atoms with van der Waals surface area (Å²) < 4.78 is 0. The summed E-state index contributed by atoms with van der Waals surface area (Å²) in [6.45, 7) is 1.76. The number of nitrogens with one attached hydrogen (secondary N) is 1. The molecule has 0 aliphatic carbocycles. The first-order chi connectivity index (χ1) is 7.54. The van der Waals surface area contributed by atoms with Crippen molar-refractivity contribution >= 4 is 18.1 Å². The van der Waals surface area contributed by atoms with Crippen LogP contribution < -0.4 is 11.1 Å². The molecule has 0 aromatic carbocycles. The fraction of sp³-hybridized carbons (Fsp3) is 0.700. The molecule has 0 aromatic rings. The van der Waals surface area contributed by atoms with Gasteiger partial charge < -0.3 is 20.7 Å². The molecule has 6 heteroatoms. The summed E-state index contributed by atoms with van der Waals surface area (Å²) in [7, 11) is 0. The Morgan fingerprint density at radius 1 is 1.56 bits per heavy atom. The van der Waals surface area contributed by atoms with Crippen molar-refractivity contribution in [1.82, 2.24) is 10.2 Å². The highest BCUT2D eigenvalue weighted by atomic mass is 16.2. The van der Waals surface area contributed by atoms with Crippen molar-refractivity contribution in [3.63, 3.8) is 0 Å². The highest BCUT2D eigenvalue weighted by Gasteiger charge is 2.29. The maximum atomic E-state index is 11.7. The normalized spacial score (nSPS) is 25.0. The maximum absolute atomic E-state index is 11.7. The molecule has 0 bridgehead atoms. The monoisotopic (exact) mass is 227 g/mol. The molecule has 2 amide bonds. The lowest BCUT2D eigenvalue weighted by molar-refractivity contribution is -0.138. The Hall–Kier alpha value is -1.43. The molecule has 1 saturated heterocycles. The summed E-state index contributed by atoms with van der Waals surface area (Å²) in [4.78, 5) is 34.7. The van der Waals surface area contributed by atoms with Gasteiger partial charge in [-0.2, -0.15) is 0 Å². The zero-order valence-corrected chi connectivity index (χ0v) is 9.31. The van der Waals surface area contributed by atoms with Gasteiger partial charge in [0, 0.05) is 19.5 Å². The molecule has 2 unspecified atom stereocenters. The van der Waals surface area contributed by atoms with Gasteiger partial charge in [0.1, 0.15) is 6.29 Å².